The fourth-order valence-corrected chi connectivity index (χ4v) is 5.27. The minimum atomic E-state index is 0.200. The average molecular weight is 414 g/mol. The quantitative estimate of drug-likeness (QED) is 0.771. The van der Waals surface area contributed by atoms with Gasteiger partial charge in [0, 0.05) is 51.9 Å². The monoisotopic (exact) mass is 413 g/mol. The van der Waals surface area contributed by atoms with Crippen molar-refractivity contribution in [2.24, 2.45) is 0 Å². The van der Waals surface area contributed by atoms with E-state index in [1.807, 2.05) is 23.6 Å². The van der Waals surface area contributed by atoms with E-state index in [9.17, 15) is 4.79 Å². The highest BCUT2D eigenvalue weighted by Gasteiger charge is 2.30. The number of hydrogen-bond acceptors (Lipinski definition) is 6. The summed E-state index contributed by atoms with van der Waals surface area (Å²) in [6, 6.07) is 10.6. The zero-order valence-corrected chi connectivity index (χ0v) is 17.4. The number of likely N-dealkylation sites (tertiary alicyclic amines) is 1. The molecule has 2 saturated heterocycles. The summed E-state index contributed by atoms with van der Waals surface area (Å²) in [5.41, 5.74) is 1.27. The second-order valence-electron chi connectivity index (χ2n) is 8.02. The van der Waals surface area contributed by atoms with Crippen molar-refractivity contribution < 1.29 is 14.3 Å². The highest BCUT2D eigenvalue weighted by molar-refractivity contribution is 7.12. The molecule has 0 unspecified atom stereocenters. The predicted molar refractivity (Wildman–Crippen MR) is 113 cm³/mol. The number of nitrogens with zero attached hydrogens (tertiary/aromatic N) is 3. The van der Waals surface area contributed by atoms with Crippen LogP contribution in [-0.2, 0) is 6.54 Å². The number of rotatable bonds is 4. The molecular weight excluding hydrogens is 386 g/mol. The zero-order valence-electron chi connectivity index (χ0n) is 16.6. The first kappa shape index (κ1) is 18.9. The predicted octanol–water partition coefficient (Wildman–Crippen LogP) is 2.90. The molecule has 4 heterocycles. The number of ether oxygens (including phenoxy) is 2. The highest BCUT2D eigenvalue weighted by atomic mass is 32.1. The van der Waals surface area contributed by atoms with E-state index in [1.165, 1.54) is 12.0 Å². The molecule has 1 amide bonds. The van der Waals surface area contributed by atoms with Crippen molar-refractivity contribution in [1.82, 2.24) is 14.7 Å². The van der Waals surface area contributed by atoms with Crippen LogP contribution < -0.4 is 9.47 Å². The second kappa shape index (κ2) is 8.34. The molecule has 29 heavy (non-hydrogen) atoms. The van der Waals surface area contributed by atoms with Crippen molar-refractivity contribution in [3.05, 3.63) is 46.2 Å². The zero-order chi connectivity index (χ0) is 19.6. The summed E-state index contributed by atoms with van der Waals surface area (Å²) in [7, 11) is 0. The third-order valence-electron chi connectivity index (χ3n) is 6.18. The van der Waals surface area contributed by atoms with E-state index in [-0.39, 0.29) is 5.91 Å². The van der Waals surface area contributed by atoms with Gasteiger partial charge >= 0.3 is 0 Å². The summed E-state index contributed by atoms with van der Waals surface area (Å²) < 4.78 is 10.9. The first-order valence-corrected chi connectivity index (χ1v) is 11.3. The van der Waals surface area contributed by atoms with Gasteiger partial charge in [-0.1, -0.05) is 12.1 Å². The van der Waals surface area contributed by atoms with E-state index in [2.05, 4.69) is 26.8 Å². The normalized spacial score (nSPS) is 22.8. The Morgan fingerprint density at radius 3 is 2.76 bits per heavy atom. The van der Waals surface area contributed by atoms with Crippen molar-refractivity contribution in [3.8, 4) is 11.5 Å². The topological polar surface area (TPSA) is 45.3 Å². The number of piperazine rings is 1. The summed E-state index contributed by atoms with van der Waals surface area (Å²) >= 11 is 1.54. The molecule has 1 aromatic carbocycles. The van der Waals surface area contributed by atoms with Crippen LogP contribution in [-0.4, -0.2) is 72.7 Å². The molecule has 0 N–H and O–H groups in total. The largest absolute Gasteiger partial charge is 0.454 e. The molecule has 6 nitrogen and oxygen atoms in total. The van der Waals surface area contributed by atoms with Gasteiger partial charge in [0.2, 0.25) is 6.79 Å². The molecule has 3 aliphatic heterocycles. The van der Waals surface area contributed by atoms with Gasteiger partial charge in [-0.25, -0.2) is 0 Å². The van der Waals surface area contributed by atoms with Gasteiger partial charge in [0.1, 0.15) is 0 Å². The van der Waals surface area contributed by atoms with Gasteiger partial charge in [0.25, 0.3) is 5.91 Å². The third kappa shape index (κ3) is 4.13. The first-order chi connectivity index (χ1) is 14.3. The summed E-state index contributed by atoms with van der Waals surface area (Å²) in [5, 5.41) is 1.98. The van der Waals surface area contributed by atoms with Crippen LogP contribution in [0, 0.1) is 0 Å². The van der Waals surface area contributed by atoms with E-state index in [0.717, 1.165) is 68.6 Å². The Labute approximate surface area is 175 Å². The second-order valence-corrected chi connectivity index (χ2v) is 8.97. The van der Waals surface area contributed by atoms with Gasteiger partial charge in [-0.15, -0.1) is 11.3 Å². The number of carbonyl (C=O) groups is 1. The van der Waals surface area contributed by atoms with Gasteiger partial charge in [-0.05, 0) is 42.0 Å². The van der Waals surface area contributed by atoms with E-state index < -0.39 is 0 Å². The number of thiophene rings is 1. The number of hydrogen-bond donors (Lipinski definition) is 0. The Morgan fingerprint density at radius 2 is 1.93 bits per heavy atom. The molecule has 0 saturated carbocycles. The van der Waals surface area contributed by atoms with Crippen LogP contribution in [0.5, 0.6) is 11.5 Å². The van der Waals surface area contributed by atoms with Gasteiger partial charge in [0.15, 0.2) is 11.5 Å². The Morgan fingerprint density at radius 1 is 1.07 bits per heavy atom. The number of carbonyl (C=O) groups excluding carboxylic acids is 1. The number of piperidine rings is 1. The van der Waals surface area contributed by atoms with Crippen molar-refractivity contribution in [2.75, 3.05) is 46.1 Å². The van der Waals surface area contributed by atoms with Gasteiger partial charge in [0.05, 0.1) is 4.88 Å². The lowest BCUT2D eigenvalue weighted by Crippen LogP contribution is -2.55. The maximum atomic E-state index is 12.7. The Balaban J connectivity index is 1.14. The van der Waals surface area contributed by atoms with Crippen LogP contribution in [0.3, 0.4) is 0 Å². The molecule has 5 rings (SSSR count). The summed E-state index contributed by atoms with van der Waals surface area (Å²) in [5.74, 6) is 1.91. The molecule has 2 aromatic rings. The SMILES string of the molecule is O=C(c1cccs1)N1CCC[C@H](N2CCN(Cc3ccc4c(c3)OCO4)CC2)C1. The maximum absolute atomic E-state index is 12.7. The Kier molecular flexibility index (Phi) is 5.44. The minimum Gasteiger partial charge on any atom is -0.454 e. The van der Waals surface area contributed by atoms with E-state index >= 15 is 0 Å². The molecule has 154 valence electrons. The highest BCUT2D eigenvalue weighted by Crippen LogP contribution is 2.33. The maximum Gasteiger partial charge on any atom is 0.263 e. The smallest absolute Gasteiger partial charge is 0.263 e. The molecule has 0 aliphatic carbocycles. The van der Waals surface area contributed by atoms with Gasteiger partial charge in [-0.3, -0.25) is 14.6 Å². The van der Waals surface area contributed by atoms with Crippen LogP contribution in [0.25, 0.3) is 0 Å². The minimum absolute atomic E-state index is 0.200. The molecule has 1 atom stereocenters. The van der Waals surface area contributed by atoms with E-state index in [1.54, 1.807) is 11.3 Å². The van der Waals surface area contributed by atoms with Crippen LogP contribution in [0.15, 0.2) is 35.7 Å². The molecule has 0 radical (unpaired) electrons. The fourth-order valence-electron chi connectivity index (χ4n) is 4.58. The van der Waals surface area contributed by atoms with Crippen LogP contribution in [0.2, 0.25) is 0 Å². The standard InChI is InChI=1S/C22H27N3O3S/c26-22(21-4-2-12-29-21)25-7-1-3-18(15-25)24-10-8-23(9-11-24)14-17-5-6-19-20(13-17)28-16-27-19/h2,4-6,12-13,18H,1,3,7-11,14-16H2/t18-/m0/s1. The Bertz CT molecular complexity index is 849. The van der Waals surface area contributed by atoms with Crippen molar-refractivity contribution in [1.29, 1.82) is 0 Å². The molecule has 1 aromatic heterocycles. The summed E-state index contributed by atoms with van der Waals surface area (Å²) in [4.78, 5) is 20.7. The van der Waals surface area contributed by atoms with E-state index in [0.29, 0.717) is 12.8 Å². The van der Waals surface area contributed by atoms with Crippen molar-refractivity contribution in [3.63, 3.8) is 0 Å². The molecular formula is C22H27N3O3S. The molecule has 7 heteroatoms. The molecule has 3 aliphatic rings. The van der Waals surface area contributed by atoms with E-state index in [4.69, 9.17) is 9.47 Å². The van der Waals surface area contributed by atoms with Crippen LogP contribution >= 0.6 is 11.3 Å². The third-order valence-corrected chi connectivity index (χ3v) is 7.04. The van der Waals surface area contributed by atoms with Crippen molar-refractivity contribution >= 4 is 17.2 Å². The first-order valence-electron chi connectivity index (χ1n) is 10.4. The number of fused-ring (bicyclic) bond motifs is 1. The summed E-state index contributed by atoms with van der Waals surface area (Å²) in [6.45, 7) is 7.26. The lowest BCUT2D eigenvalue weighted by atomic mass is 10.0. The Hall–Kier alpha value is -2.09. The van der Waals surface area contributed by atoms with Crippen molar-refractivity contribution in [2.45, 2.75) is 25.4 Å². The molecule has 0 spiro atoms. The summed E-state index contributed by atoms with van der Waals surface area (Å²) in [6.07, 6.45) is 2.29. The van der Waals surface area contributed by atoms with Gasteiger partial charge < -0.3 is 14.4 Å². The lowest BCUT2D eigenvalue weighted by Gasteiger charge is -2.43. The van der Waals surface area contributed by atoms with Crippen LogP contribution in [0.1, 0.15) is 28.1 Å². The average Bonchev–Trinajstić information content (AvgIpc) is 3.46. The number of benzene rings is 1. The van der Waals surface area contributed by atoms with Gasteiger partial charge in [-0.2, -0.15) is 0 Å². The van der Waals surface area contributed by atoms with Crippen LogP contribution in [0.4, 0.5) is 0 Å². The lowest BCUT2D eigenvalue weighted by molar-refractivity contribution is 0.0410. The number of amides is 1. The molecule has 0 bridgehead atoms. The fraction of sp³-hybridized carbons (Fsp3) is 0.500. The molecule has 2 fully saturated rings.